The predicted molar refractivity (Wildman–Crippen MR) is 78.2 cm³/mol. The Morgan fingerprint density at radius 2 is 2.10 bits per heavy atom. The third-order valence-electron chi connectivity index (χ3n) is 2.95. The van der Waals surface area contributed by atoms with E-state index in [0.717, 1.165) is 0 Å². The molecule has 0 saturated carbocycles. The zero-order valence-electron chi connectivity index (χ0n) is 12.0. The van der Waals surface area contributed by atoms with E-state index in [-0.39, 0.29) is 23.8 Å². The van der Waals surface area contributed by atoms with Gasteiger partial charge in [0.2, 0.25) is 0 Å². The van der Waals surface area contributed by atoms with E-state index in [4.69, 9.17) is 4.74 Å². The average Bonchev–Trinajstić information content (AvgIpc) is 2.43. The molecule has 0 saturated heterocycles. The standard InChI is InChI=1S/C13H19NO6S/c1-3-21(18,19)8-4-7-20-13-6-5-11(14(16)17)9-12(13)10(2)15/h5-6,9-10,15H,3-4,7-8H2,1-2H3/t10-/m0/s1. The van der Waals surface area contributed by atoms with Crippen LogP contribution in [0, 0.1) is 10.1 Å². The topological polar surface area (TPSA) is 107 Å². The summed E-state index contributed by atoms with van der Waals surface area (Å²) in [6.45, 7) is 3.22. The molecule has 0 aliphatic heterocycles. The van der Waals surface area contributed by atoms with Gasteiger partial charge in [-0.2, -0.15) is 0 Å². The molecule has 21 heavy (non-hydrogen) atoms. The lowest BCUT2D eigenvalue weighted by Gasteiger charge is -2.13. The fourth-order valence-corrected chi connectivity index (χ4v) is 2.56. The molecule has 1 rings (SSSR count). The average molecular weight is 317 g/mol. The lowest BCUT2D eigenvalue weighted by molar-refractivity contribution is -0.385. The van der Waals surface area contributed by atoms with Crippen molar-refractivity contribution in [3.8, 4) is 5.75 Å². The highest BCUT2D eigenvalue weighted by molar-refractivity contribution is 7.91. The molecule has 0 bridgehead atoms. The molecule has 1 aromatic rings. The van der Waals surface area contributed by atoms with Gasteiger partial charge in [0, 0.05) is 23.4 Å². The van der Waals surface area contributed by atoms with Crippen molar-refractivity contribution in [1.29, 1.82) is 0 Å². The molecule has 1 atom stereocenters. The highest BCUT2D eigenvalue weighted by Crippen LogP contribution is 2.29. The summed E-state index contributed by atoms with van der Waals surface area (Å²) >= 11 is 0. The van der Waals surface area contributed by atoms with E-state index in [0.29, 0.717) is 17.7 Å². The zero-order chi connectivity index (χ0) is 16.0. The zero-order valence-corrected chi connectivity index (χ0v) is 12.8. The van der Waals surface area contributed by atoms with Crippen LogP contribution in [0.1, 0.15) is 31.9 Å². The first-order valence-electron chi connectivity index (χ1n) is 6.56. The van der Waals surface area contributed by atoms with Gasteiger partial charge in [0.15, 0.2) is 0 Å². The maximum Gasteiger partial charge on any atom is 0.270 e. The summed E-state index contributed by atoms with van der Waals surface area (Å²) in [4.78, 5) is 10.2. The van der Waals surface area contributed by atoms with Crippen molar-refractivity contribution in [2.45, 2.75) is 26.4 Å². The Morgan fingerprint density at radius 1 is 1.43 bits per heavy atom. The maximum absolute atomic E-state index is 11.3. The van der Waals surface area contributed by atoms with Crippen molar-refractivity contribution in [2.24, 2.45) is 0 Å². The van der Waals surface area contributed by atoms with Gasteiger partial charge in [-0.15, -0.1) is 0 Å². The molecule has 118 valence electrons. The van der Waals surface area contributed by atoms with E-state index in [1.165, 1.54) is 25.1 Å². The molecular weight excluding hydrogens is 298 g/mol. The third kappa shape index (κ3) is 5.31. The van der Waals surface area contributed by atoms with E-state index >= 15 is 0 Å². The Balaban J connectivity index is 2.73. The van der Waals surface area contributed by atoms with Gasteiger partial charge in [-0.05, 0) is 19.4 Å². The quantitative estimate of drug-likeness (QED) is 0.445. The first-order chi connectivity index (χ1) is 9.76. The van der Waals surface area contributed by atoms with Gasteiger partial charge in [0.25, 0.3) is 5.69 Å². The van der Waals surface area contributed by atoms with Crippen LogP contribution >= 0.6 is 0 Å². The fourth-order valence-electron chi connectivity index (χ4n) is 1.71. The first-order valence-corrected chi connectivity index (χ1v) is 8.38. The normalized spacial score (nSPS) is 12.9. The number of benzene rings is 1. The van der Waals surface area contributed by atoms with Crippen molar-refractivity contribution in [3.63, 3.8) is 0 Å². The summed E-state index contributed by atoms with van der Waals surface area (Å²) in [6.07, 6.45) is -0.592. The number of ether oxygens (including phenoxy) is 1. The molecule has 0 amide bonds. The highest BCUT2D eigenvalue weighted by atomic mass is 32.2. The molecule has 0 fully saturated rings. The van der Waals surface area contributed by atoms with E-state index in [1.54, 1.807) is 6.92 Å². The SMILES string of the molecule is CCS(=O)(=O)CCCOc1ccc([N+](=O)[O-])cc1[C@H](C)O. The minimum atomic E-state index is -3.04. The Kier molecular flexibility index (Phi) is 6.10. The van der Waals surface area contributed by atoms with Crippen LogP contribution in [0.15, 0.2) is 18.2 Å². The second kappa shape index (κ2) is 7.37. The van der Waals surface area contributed by atoms with Gasteiger partial charge < -0.3 is 9.84 Å². The molecule has 0 radical (unpaired) electrons. The van der Waals surface area contributed by atoms with Gasteiger partial charge in [-0.3, -0.25) is 10.1 Å². The van der Waals surface area contributed by atoms with E-state index in [2.05, 4.69) is 0 Å². The number of nitro groups is 1. The molecule has 1 aromatic carbocycles. The van der Waals surface area contributed by atoms with Crippen molar-refractivity contribution in [1.82, 2.24) is 0 Å². The summed E-state index contributed by atoms with van der Waals surface area (Å²) in [5.41, 5.74) is 0.175. The second-order valence-electron chi connectivity index (χ2n) is 4.59. The third-order valence-corrected chi connectivity index (χ3v) is 4.74. The summed E-state index contributed by atoms with van der Waals surface area (Å²) in [7, 11) is -3.04. The fraction of sp³-hybridized carbons (Fsp3) is 0.538. The van der Waals surface area contributed by atoms with Crippen LogP contribution in [0.4, 0.5) is 5.69 Å². The lowest BCUT2D eigenvalue weighted by atomic mass is 10.1. The molecule has 0 heterocycles. The van der Waals surface area contributed by atoms with E-state index < -0.39 is 20.9 Å². The number of rotatable bonds is 8. The summed E-state index contributed by atoms with van der Waals surface area (Å²) in [5.74, 6) is 0.439. The molecule has 0 spiro atoms. The van der Waals surface area contributed by atoms with Crippen LogP contribution in [-0.2, 0) is 9.84 Å². The number of sulfone groups is 1. The maximum atomic E-state index is 11.3. The second-order valence-corrected chi connectivity index (χ2v) is 7.07. The van der Waals surface area contributed by atoms with Crippen molar-refractivity contribution in [3.05, 3.63) is 33.9 Å². The number of hydrogen-bond acceptors (Lipinski definition) is 6. The Bertz CT molecular complexity index is 597. The summed E-state index contributed by atoms with van der Waals surface area (Å²) < 4.78 is 28.1. The molecule has 8 heteroatoms. The Labute approximate surface area is 123 Å². The molecule has 0 aliphatic rings. The molecule has 1 N–H and O–H groups in total. The smallest absolute Gasteiger partial charge is 0.270 e. The van der Waals surface area contributed by atoms with Gasteiger partial charge in [-0.25, -0.2) is 8.42 Å². The Morgan fingerprint density at radius 3 is 2.62 bits per heavy atom. The minimum absolute atomic E-state index is 0.0283. The monoisotopic (exact) mass is 317 g/mol. The molecular formula is C13H19NO6S. The number of aliphatic hydroxyl groups is 1. The number of aliphatic hydroxyl groups excluding tert-OH is 1. The van der Waals surface area contributed by atoms with Gasteiger partial charge in [0.05, 0.1) is 23.4 Å². The van der Waals surface area contributed by atoms with Gasteiger partial charge >= 0.3 is 0 Å². The number of non-ortho nitro benzene ring substituents is 1. The number of nitro benzene ring substituents is 1. The van der Waals surface area contributed by atoms with E-state index in [1.807, 2.05) is 0 Å². The van der Waals surface area contributed by atoms with Crippen molar-refractivity contribution in [2.75, 3.05) is 18.1 Å². The lowest BCUT2D eigenvalue weighted by Crippen LogP contribution is -2.12. The van der Waals surface area contributed by atoms with Gasteiger partial charge in [-0.1, -0.05) is 6.92 Å². The van der Waals surface area contributed by atoms with Crippen LogP contribution < -0.4 is 4.74 Å². The van der Waals surface area contributed by atoms with Crippen molar-refractivity contribution >= 4 is 15.5 Å². The number of hydrogen-bond donors (Lipinski definition) is 1. The molecule has 7 nitrogen and oxygen atoms in total. The van der Waals surface area contributed by atoms with Crippen LogP contribution in [0.25, 0.3) is 0 Å². The summed E-state index contributed by atoms with van der Waals surface area (Å²) in [5, 5.41) is 20.3. The number of nitrogens with zero attached hydrogens (tertiary/aromatic N) is 1. The summed E-state index contributed by atoms with van der Waals surface area (Å²) in [6, 6.07) is 3.95. The van der Waals surface area contributed by atoms with Crippen LogP contribution in [0.2, 0.25) is 0 Å². The van der Waals surface area contributed by atoms with Crippen LogP contribution in [-0.4, -0.2) is 36.6 Å². The molecule has 0 aromatic heterocycles. The largest absolute Gasteiger partial charge is 0.493 e. The van der Waals surface area contributed by atoms with Crippen molar-refractivity contribution < 1.29 is 23.2 Å². The molecule has 0 aliphatic carbocycles. The predicted octanol–water partition coefficient (Wildman–Crippen LogP) is 1.85. The van der Waals surface area contributed by atoms with Crippen LogP contribution in [0.3, 0.4) is 0 Å². The van der Waals surface area contributed by atoms with E-state index in [9.17, 15) is 23.6 Å². The minimum Gasteiger partial charge on any atom is -0.493 e. The van der Waals surface area contributed by atoms with Crippen LogP contribution in [0.5, 0.6) is 5.75 Å². The highest BCUT2D eigenvalue weighted by Gasteiger charge is 2.15. The Hall–Kier alpha value is -1.67. The molecule has 0 unspecified atom stereocenters. The first kappa shape index (κ1) is 17.4. The van der Waals surface area contributed by atoms with Gasteiger partial charge in [0.1, 0.15) is 15.6 Å².